The average molecular weight is 222 g/mol. The van der Waals surface area contributed by atoms with Crippen molar-refractivity contribution in [3.05, 3.63) is 29.8 Å². The third-order valence-corrected chi connectivity index (χ3v) is 2.36. The number of ether oxygens (including phenoxy) is 1. The first-order valence-corrected chi connectivity index (χ1v) is 5.80. The zero-order chi connectivity index (χ0) is 11.8. The summed E-state index contributed by atoms with van der Waals surface area (Å²) in [5.41, 5.74) is 1.20. The van der Waals surface area contributed by atoms with Crippen LogP contribution in [0.5, 0.6) is 5.75 Å². The predicted octanol–water partition coefficient (Wildman–Crippen LogP) is 1.78. The molecular weight excluding hydrogens is 200 g/mol. The summed E-state index contributed by atoms with van der Waals surface area (Å²) < 4.78 is 5.28. The second kappa shape index (κ2) is 7.25. The van der Waals surface area contributed by atoms with Crippen molar-refractivity contribution in [1.82, 2.24) is 10.6 Å². The van der Waals surface area contributed by atoms with Gasteiger partial charge < -0.3 is 15.4 Å². The lowest BCUT2D eigenvalue weighted by Gasteiger charge is -2.11. The molecular formula is C13H22N2O. The molecule has 0 aliphatic rings. The van der Waals surface area contributed by atoms with Crippen LogP contribution in [-0.4, -0.2) is 26.2 Å². The number of benzene rings is 1. The molecule has 0 amide bonds. The molecule has 0 spiro atoms. The van der Waals surface area contributed by atoms with E-state index in [1.54, 1.807) is 7.11 Å². The molecule has 0 bridgehead atoms. The summed E-state index contributed by atoms with van der Waals surface area (Å²) in [5.74, 6) is 0.951. The van der Waals surface area contributed by atoms with Crippen LogP contribution in [0.2, 0.25) is 0 Å². The Balaban J connectivity index is 2.26. The summed E-state index contributed by atoms with van der Waals surface area (Å²) in [4.78, 5) is 0. The molecule has 3 heteroatoms. The van der Waals surface area contributed by atoms with Crippen LogP contribution in [0.3, 0.4) is 0 Å². The van der Waals surface area contributed by atoms with Gasteiger partial charge in [0.15, 0.2) is 0 Å². The minimum absolute atomic E-state index is 0.549. The Labute approximate surface area is 98.2 Å². The highest BCUT2D eigenvalue weighted by atomic mass is 16.5. The van der Waals surface area contributed by atoms with Crippen molar-refractivity contribution in [3.8, 4) is 5.75 Å². The molecule has 0 unspecified atom stereocenters. The summed E-state index contributed by atoms with van der Waals surface area (Å²) in [6.45, 7) is 7.12. The molecule has 3 nitrogen and oxygen atoms in total. The van der Waals surface area contributed by atoms with Gasteiger partial charge in [-0.25, -0.2) is 0 Å². The molecule has 1 aromatic rings. The highest BCUT2D eigenvalue weighted by molar-refractivity contribution is 5.32. The number of hydrogen-bond donors (Lipinski definition) is 2. The zero-order valence-corrected chi connectivity index (χ0v) is 10.4. The summed E-state index contributed by atoms with van der Waals surface area (Å²) in [5, 5.41) is 6.76. The molecule has 1 rings (SSSR count). The van der Waals surface area contributed by atoms with E-state index in [0.717, 1.165) is 25.4 Å². The quantitative estimate of drug-likeness (QED) is 0.690. The van der Waals surface area contributed by atoms with Crippen LogP contribution in [-0.2, 0) is 6.54 Å². The molecule has 2 N–H and O–H groups in total. The van der Waals surface area contributed by atoms with Gasteiger partial charge in [-0.2, -0.15) is 0 Å². The summed E-state index contributed by atoms with van der Waals surface area (Å²) in [6.07, 6.45) is 0. The summed E-state index contributed by atoms with van der Waals surface area (Å²) in [7, 11) is 1.71. The number of rotatable bonds is 7. The van der Waals surface area contributed by atoms with Crippen molar-refractivity contribution in [3.63, 3.8) is 0 Å². The lowest BCUT2D eigenvalue weighted by Crippen LogP contribution is -2.31. The normalized spacial score (nSPS) is 10.8. The second-order valence-electron chi connectivity index (χ2n) is 4.10. The topological polar surface area (TPSA) is 33.3 Å². The monoisotopic (exact) mass is 222 g/mol. The molecule has 0 radical (unpaired) electrons. The lowest BCUT2D eigenvalue weighted by molar-refractivity contribution is 0.407. The van der Waals surface area contributed by atoms with Crippen LogP contribution >= 0.6 is 0 Å². The molecule has 16 heavy (non-hydrogen) atoms. The van der Waals surface area contributed by atoms with Gasteiger partial charge in [0, 0.05) is 31.2 Å². The van der Waals surface area contributed by atoms with E-state index in [1.807, 2.05) is 18.2 Å². The van der Waals surface area contributed by atoms with Gasteiger partial charge in [-0.3, -0.25) is 0 Å². The van der Waals surface area contributed by atoms with E-state index >= 15 is 0 Å². The van der Waals surface area contributed by atoms with Crippen molar-refractivity contribution < 1.29 is 4.74 Å². The van der Waals surface area contributed by atoms with E-state index < -0.39 is 0 Å². The van der Waals surface area contributed by atoms with Crippen molar-refractivity contribution in [2.75, 3.05) is 20.2 Å². The highest BCUT2D eigenvalue weighted by Crippen LogP contribution is 2.16. The van der Waals surface area contributed by atoms with Crippen molar-refractivity contribution >= 4 is 0 Å². The molecule has 0 fully saturated rings. The standard InChI is InChI=1S/C13H22N2O/c1-11(2)15-9-8-14-10-12-6-4-5-7-13(12)16-3/h4-7,11,14-15H,8-10H2,1-3H3. The fraction of sp³-hybridized carbons (Fsp3) is 0.538. The highest BCUT2D eigenvalue weighted by Gasteiger charge is 2.00. The summed E-state index contributed by atoms with van der Waals surface area (Å²) in [6, 6.07) is 8.65. The molecule has 0 atom stereocenters. The minimum atomic E-state index is 0.549. The average Bonchev–Trinajstić information content (AvgIpc) is 2.29. The maximum absolute atomic E-state index is 5.28. The van der Waals surface area contributed by atoms with Crippen LogP contribution in [0, 0.1) is 0 Å². The molecule has 0 saturated heterocycles. The zero-order valence-electron chi connectivity index (χ0n) is 10.4. The maximum atomic E-state index is 5.28. The molecule has 1 aromatic carbocycles. The van der Waals surface area contributed by atoms with Gasteiger partial charge in [0.1, 0.15) is 5.75 Å². The lowest BCUT2D eigenvalue weighted by atomic mass is 10.2. The third kappa shape index (κ3) is 4.64. The van der Waals surface area contributed by atoms with Gasteiger partial charge in [0.2, 0.25) is 0 Å². The smallest absolute Gasteiger partial charge is 0.123 e. The Hall–Kier alpha value is -1.06. The first-order valence-electron chi connectivity index (χ1n) is 5.80. The van der Waals surface area contributed by atoms with Crippen molar-refractivity contribution in [1.29, 1.82) is 0 Å². The first-order chi connectivity index (χ1) is 7.74. The van der Waals surface area contributed by atoms with Gasteiger partial charge in [-0.05, 0) is 6.07 Å². The number of methoxy groups -OCH3 is 1. The molecule has 0 aliphatic heterocycles. The van der Waals surface area contributed by atoms with Gasteiger partial charge in [0.25, 0.3) is 0 Å². The Morgan fingerprint density at radius 1 is 1.19 bits per heavy atom. The van der Waals surface area contributed by atoms with Gasteiger partial charge in [0.05, 0.1) is 7.11 Å². The van der Waals surface area contributed by atoms with Crippen LogP contribution in [0.1, 0.15) is 19.4 Å². The van der Waals surface area contributed by atoms with E-state index in [1.165, 1.54) is 5.56 Å². The van der Waals surface area contributed by atoms with Crippen LogP contribution < -0.4 is 15.4 Å². The van der Waals surface area contributed by atoms with Gasteiger partial charge >= 0.3 is 0 Å². The van der Waals surface area contributed by atoms with E-state index in [4.69, 9.17) is 4.74 Å². The first kappa shape index (κ1) is 13.0. The SMILES string of the molecule is COc1ccccc1CNCCNC(C)C. The number of para-hydroxylation sites is 1. The Kier molecular flexibility index (Phi) is 5.90. The van der Waals surface area contributed by atoms with Crippen molar-refractivity contribution in [2.24, 2.45) is 0 Å². The molecule has 0 aliphatic carbocycles. The number of nitrogens with one attached hydrogen (secondary N) is 2. The van der Waals surface area contributed by atoms with Crippen LogP contribution in [0.15, 0.2) is 24.3 Å². The fourth-order valence-electron chi connectivity index (χ4n) is 1.52. The van der Waals surface area contributed by atoms with E-state index in [9.17, 15) is 0 Å². The Morgan fingerprint density at radius 2 is 1.94 bits per heavy atom. The summed E-state index contributed by atoms with van der Waals surface area (Å²) >= 11 is 0. The Morgan fingerprint density at radius 3 is 2.62 bits per heavy atom. The van der Waals surface area contributed by atoms with Gasteiger partial charge in [-0.1, -0.05) is 32.0 Å². The molecule has 0 aromatic heterocycles. The number of hydrogen-bond acceptors (Lipinski definition) is 3. The second-order valence-corrected chi connectivity index (χ2v) is 4.10. The fourth-order valence-corrected chi connectivity index (χ4v) is 1.52. The Bertz CT molecular complexity index is 300. The van der Waals surface area contributed by atoms with E-state index in [2.05, 4.69) is 30.5 Å². The van der Waals surface area contributed by atoms with Crippen LogP contribution in [0.4, 0.5) is 0 Å². The van der Waals surface area contributed by atoms with Crippen LogP contribution in [0.25, 0.3) is 0 Å². The van der Waals surface area contributed by atoms with Crippen molar-refractivity contribution in [2.45, 2.75) is 26.4 Å². The van der Waals surface area contributed by atoms with E-state index in [-0.39, 0.29) is 0 Å². The molecule has 90 valence electrons. The van der Waals surface area contributed by atoms with E-state index in [0.29, 0.717) is 6.04 Å². The largest absolute Gasteiger partial charge is 0.496 e. The third-order valence-electron chi connectivity index (χ3n) is 2.36. The van der Waals surface area contributed by atoms with Gasteiger partial charge in [-0.15, -0.1) is 0 Å². The molecule has 0 saturated carbocycles. The minimum Gasteiger partial charge on any atom is -0.496 e. The maximum Gasteiger partial charge on any atom is 0.123 e. The molecule has 0 heterocycles. The predicted molar refractivity (Wildman–Crippen MR) is 67.8 cm³/mol.